The summed E-state index contributed by atoms with van der Waals surface area (Å²) in [6.45, 7) is 6.32. The van der Waals surface area contributed by atoms with E-state index >= 15 is 0 Å². The average molecular weight is 291 g/mol. The molecule has 116 valence electrons. The third-order valence-electron chi connectivity index (χ3n) is 4.59. The Morgan fingerprint density at radius 1 is 1.24 bits per heavy atom. The maximum absolute atomic E-state index is 11.6. The van der Waals surface area contributed by atoms with Crippen LogP contribution in [0.5, 0.6) is 0 Å². The van der Waals surface area contributed by atoms with E-state index in [9.17, 15) is 4.79 Å². The highest BCUT2D eigenvalue weighted by Crippen LogP contribution is 2.18. The Kier molecular flexibility index (Phi) is 4.85. The summed E-state index contributed by atoms with van der Waals surface area (Å²) in [6, 6.07) is 0. The molecule has 0 spiro atoms. The lowest BCUT2D eigenvalue weighted by molar-refractivity contribution is -0.127. The minimum Gasteiger partial charge on any atom is -0.343 e. The van der Waals surface area contributed by atoms with E-state index in [1.54, 1.807) is 12.7 Å². The fourth-order valence-electron chi connectivity index (χ4n) is 3.52. The zero-order valence-corrected chi connectivity index (χ0v) is 12.7. The van der Waals surface area contributed by atoms with Gasteiger partial charge in [-0.05, 0) is 44.7 Å². The predicted molar refractivity (Wildman–Crippen MR) is 79.6 cm³/mol. The highest BCUT2D eigenvalue weighted by atomic mass is 16.2. The van der Waals surface area contributed by atoms with Crippen LogP contribution in [0.15, 0.2) is 12.7 Å². The summed E-state index contributed by atoms with van der Waals surface area (Å²) >= 11 is 0. The van der Waals surface area contributed by atoms with Crippen molar-refractivity contribution < 1.29 is 4.79 Å². The number of amides is 1. The van der Waals surface area contributed by atoms with E-state index in [1.165, 1.54) is 19.4 Å². The summed E-state index contributed by atoms with van der Waals surface area (Å²) in [7, 11) is 0. The third kappa shape index (κ3) is 4.03. The number of carbonyl (C=O) groups is 1. The molecule has 1 aromatic rings. The molecule has 0 aromatic carbocycles. The van der Waals surface area contributed by atoms with E-state index in [1.807, 2.05) is 9.58 Å². The molecule has 0 bridgehead atoms. The Morgan fingerprint density at radius 3 is 2.95 bits per heavy atom. The summed E-state index contributed by atoms with van der Waals surface area (Å²) < 4.78 is 1.94. The molecular formula is C15H25N5O. The van der Waals surface area contributed by atoms with E-state index in [-0.39, 0.29) is 0 Å². The van der Waals surface area contributed by atoms with Crippen LogP contribution in [0.1, 0.15) is 32.1 Å². The van der Waals surface area contributed by atoms with Gasteiger partial charge in [0.05, 0.1) is 0 Å². The number of aromatic nitrogens is 3. The average Bonchev–Trinajstić information content (AvgIpc) is 3.12. The van der Waals surface area contributed by atoms with Crippen LogP contribution in [0.3, 0.4) is 0 Å². The molecule has 0 aliphatic carbocycles. The van der Waals surface area contributed by atoms with Gasteiger partial charge >= 0.3 is 0 Å². The lowest BCUT2D eigenvalue weighted by Crippen LogP contribution is -2.39. The van der Waals surface area contributed by atoms with Crippen molar-refractivity contribution in [2.75, 3.05) is 32.7 Å². The molecule has 0 saturated carbocycles. The quantitative estimate of drug-likeness (QED) is 0.785. The van der Waals surface area contributed by atoms with Crippen LogP contribution in [0.2, 0.25) is 0 Å². The maximum atomic E-state index is 11.6. The standard InChI is InChI=1S/C15H25N5O/c21-15-5-2-8-19(15)9-3-7-18-6-1-4-14(10-18)11-20-13-16-12-17-20/h12-14H,1-11H2. The molecule has 3 heterocycles. The van der Waals surface area contributed by atoms with Gasteiger partial charge in [-0.3, -0.25) is 9.48 Å². The van der Waals surface area contributed by atoms with Crippen LogP contribution in [-0.4, -0.2) is 63.2 Å². The number of piperidine rings is 1. The molecule has 1 unspecified atom stereocenters. The monoisotopic (exact) mass is 291 g/mol. The number of hydrogen-bond donors (Lipinski definition) is 0. The highest BCUT2D eigenvalue weighted by molar-refractivity contribution is 5.77. The van der Waals surface area contributed by atoms with Crippen LogP contribution in [0, 0.1) is 5.92 Å². The Balaban J connectivity index is 1.38. The van der Waals surface area contributed by atoms with Crippen molar-refractivity contribution >= 4 is 5.91 Å². The lowest BCUT2D eigenvalue weighted by Gasteiger charge is -2.33. The van der Waals surface area contributed by atoms with Gasteiger partial charge in [-0.1, -0.05) is 0 Å². The molecule has 0 radical (unpaired) electrons. The lowest BCUT2D eigenvalue weighted by atomic mass is 9.98. The molecule has 1 atom stereocenters. The molecule has 6 heteroatoms. The van der Waals surface area contributed by atoms with Crippen molar-refractivity contribution in [1.82, 2.24) is 24.6 Å². The summed E-state index contributed by atoms with van der Waals surface area (Å²) in [5.74, 6) is 1.02. The van der Waals surface area contributed by atoms with Gasteiger partial charge in [-0.15, -0.1) is 0 Å². The van der Waals surface area contributed by atoms with Gasteiger partial charge in [-0.2, -0.15) is 5.10 Å². The highest BCUT2D eigenvalue weighted by Gasteiger charge is 2.22. The van der Waals surface area contributed by atoms with Gasteiger partial charge in [0.25, 0.3) is 0 Å². The number of carbonyl (C=O) groups excluding carboxylic acids is 1. The topological polar surface area (TPSA) is 54.3 Å². The first kappa shape index (κ1) is 14.5. The second kappa shape index (κ2) is 7.02. The SMILES string of the molecule is O=C1CCCN1CCCN1CCCC(Cn2cncn2)C1. The minimum atomic E-state index is 0.345. The molecule has 6 nitrogen and oxygen atoms in total. The van der Waals surface area contributed by atoms with E-state index in [4.69, 9.17) is 0 Å². The van der Waals surface area contributed by atoms with E-state index < -0.39 is 0 Å². The first-order valence-electron chi connectivity index (χ1n) is 8.14. The Hall–Kier alpha value is -1.43. The fourth-order valence-corrected chi connectivity index (χ4v) is 3.52. The van der Waals surface area contributed by atoms with Gasteiger partial charge in [-0.25, -0.2) is 4.98 Å². The van der Waals surface area contributed by atoms with Crippen molar-refractivity contribution in [2.24, 2.45) is 5.92 Å². The summed E-state index contributed by atoms with van der Waals surface area (Å²) in [6.07, 6.45) is 8.85. The molecule has 0 N–H and O–H groups in total. The summed E-state index contributed by atoms with van der Waals surface area (Å²) in [5.41, 5.74) is 0. The molecular weight excluding hydrogens is 266 g/mol. The third-order valence-corrected chi connectivity index (χ3v) is 4.59. The summed E-state index contributed by atoms with van der Waals surface area (Å²) in [5, 5.41) is 4.20. The molecule has 3 rings (SSSR count). The molecule has 2 saturated heterocycles. The Bertz CT molecular complexity index is 447. The first-order chi connectivity index (χ1) is 10.3. The zero-order chi connectivity index (χ0) is 14.5. The largest absolute Gasteiger partial charge is 0.343 e. The van der Waals surface area contributed by atoms with E-state index in [0.29, 0.717) is 11.8 Å². The van der Waals surface area contributed by atoms with Crippen LogP contribution in [0.4, 0.5) is 0 Å². The van der Waals surface area contributed by atoms with Crippen LogP contribution in [-0.2, 0) is 11.3 Å². The molecule has 1 aromatic heterocycles. The second-order valence-corrected chi connectivity index (χ2v) is 6.26. The van der Waals surface area contributed by atoms with Crippen molar-refractivity contribution in [3.8, 4) is 0 Å². The van der Waals surface area contributed by atoms with Crippen molar-refractivity contribution in [2.45, 2.75) is 38.6 Å². The molecule has 1 amide bonds. The van der Waals surface area contributed by atoms with Crippen molar-refractivity contribution in [3.05, 3.63) is 12.7 Å². The summed E-state index contributed by atoms with van der Waals surface area (Å²) in [4.78, 5) is 20.2. The number of hydrogen-bond acceptors (Lipinski definition) is 4. The van der Waals surface area contributed by atoms with Gasteiger partial charge in [0.15, 0.2) is 0 Å². The van der Waals surface area contributed by atoms with Crippen LogP contribution >= 0.6 is 0 Å². The number of rotatable bonds is 6. The Morgan fingerprint density at radius 2 is 2.19 bits per heavy atom. The Labute approximate surface area is 126 Å². The smallest absolute Gasteiger partial charge is 0.222 e. The van der Waals surface area contributed by atoms with Crippen molar-refractivity contribution in [3.63, 3.8) is 0 Å². The normalized spacial score (nSPS) is 23.9. The minimum absolute atomic E-state index is 0.345. The molecule has 2 fully saturated rings. The predicted octanol–water partition coefficient (Wildman–Crippen LogP) is 1.00. The fraction of sp³-hybridized carbons (Fsp3) is 0.800. The van der Waals surface area contributed by atoms with Crippen LogP contribution in [0.25, 0.3) is 0 Å². The molecule has 2 aliphatic rings. The first-order valence-corrected chi connectivity index (χ1v) is 8.14. The van der Waals surface area contributed by atoms with E-state index in [2.05, 4.69) is 15.0 Å². The van der Waals surface area contributed by atoms with Crippen molar-refractivity contribution in [1.29, 1.82) is 0 Å². The van der Waals surface area contributed by atoms with Gasteiger partial charge in [0.1, 0.15) is 12.7 Å². The molecule has 21 heavy (non-hydrogen) atoms. The van der Waals surface area contributed by atoms with Gasteiger partial charge < -0.3 is 9.80 Å². The van der Waals surface area contributed by atoms with Gasteiger partial charge in [0, 0.05) is 32.6 Å². The van der Waals surface area contributed by atoms with E-state index in [0.717, 1.165) is 52.0 Å². The van der Waals surface area contributed by atoms with Crippen LogP contribution < -0.4 is 0 Å². The maximum Gasteiger partial charge on any atom is 0.222 e. The molecule has 2 aliphatic heterocycles. The van der Waals surface area contributed by atoms with Gasteiger partial charge in [0.2, 0.25) is 5.91 Å². The second-order valence-electron chi connectivity index (χ2n) is 6.26. The number of likely N-dealkylation sites (tertiary alicyclic amines) is 2. The number of nitrogens with zero attached hydrogens (tertiary/aromatic N) is 5. The zero-order valence-electron chi connectivity index (χ0n) is 12.7.